The molecule has 0 fully saturated rings. The number of aryl methyl sites for hydroxylation is 1. The van der Waals surface area contributed by atoms with E-state index in [0.29, 0.717) is 25.0 Å². The zero-order valence-corrected chi connectivity index (χ0v) is 11.6. The number of rotatable bonds is 6. The smallest absolute Gasteiger partial charge is 0.115 e. The molecule has 0 aliphatic heterocycles. The molecule has 1 aromatic rings. The number of hydrogen-bond donors (Lipinski definition) is 2. The third-order valence-electron chi connectivity index (χ3n) is 3.43. The van der Waals surface area contributed by atoms with Crippen LogP contribution in [0.1, 0.15) is 36.9 Å². The molecule has 3 heteroatoms. The molecule has 1 aromatic carbocycles. The summed E-state index contributed by atoms with van der Waals surface area (Å²) in [7, 11) is 0. The van der Waals surface area contributed by atoms with Crippen LogP contribution >= 0.6 is 0 Å². The summed E-state index contributed by atoms with van der Waals surface area (Å²) in [5.74, 6) is 0.365. The van der Waals surface area contributed by atoms with Crippen LogP contribution in [0.3, 0.4) is 0 Å². The van der Waals surface area contributed by atoms with E-state index in [1.807, 2.05) is 19.1 Å². The molecule has 0 radical (unpaired) electrons. The van der Waals surface area contributed by atoms with Gasteiger partial charge in [0.2, 0.25) is 0 Å². The van der Waals surface area contributed by atoms with Crippen LogP contribution in [0.5, 0.6) is 5.75 Å². The first-order valence-electron chi connectivity index (χ1n) is 6.94. The van der Waals surface area contributed by atoms with Gasteiger partial charge < -0.3 is 15.2 Å². The highest BCUT2D eigenvalue weighted by atomic mass is 16.5. The van der Waals surface area contributed by atoms with E-state index in [1.165, 1.54) is 17.5 Å². The molecule has 19 heavy (non-hydrogen) atoms. The topological polar surface area (TPSA) is 41.5 Å². The number of hydrogen-bond acceptors (Lipinski definition) is 3. The number of fused-ring (bicyclic) bond motifs is 1. The van der Waals surface area contributed by atoms with E-state index in [0.717, 1.165) is 25.0 Å². The lowest BCUT2D eigenvalue weighted by molar-refractivity contribution is 0.154. The molecule has 0 spiro atoms. The molecule has 2 N–H and O–H groups in total. The highest BCUT2D eigenvalue weighted by Gasteiger charge is 2.19. The van der Waals surface area contributed by atoms with E-state index in [1.54, 1.807) is 6.07 Å². The fourth-order valence-corrected chi connectivity index (χ4v) is 2.56. The van der Waals surface area contributed by atoms with Gasteiger partial charge in [-0.15, -0.1) is 0 Å². The summed E-state index contributed by atoms with van der Waals surface area (Å²) in [6.45, 7) is 7.97. The van der Waals surface area contributed by atoms with Crippen LogP contribution in [0.2, 0.25) is 0 Å². The maximum absolute atomic E-state index is 9.52. The van der Waals surface area contributed by atoms with Crippen molar-refractivity contribution in [3.05, 3.63) is 41.5 Å². The van der Waals surface area contributed by atoms with E-state index in [9.17, 15) is 5.11 Å². The number of ether oxygens (including phenoxy) is 1. The number of phenolic OH excluding ortho intramolecular Hbond substituents is 1. The van der Waals surface area contributed by atoms with Crippen molar-refractivity contribution in [1.29, 1.82) is 0 Å². The van der Waals surface area contributed by atoms with Crippen LogP contribution in [0.25, 0.3) is 0 Å². The van der Waals surface area contributed by atoms with Gasteiger partial charge in [0.05, 0.1) is 13.2 Å². The summed E-state index contributed by atoms with van der Waals surface area (Å²) in [6.07, 6.45) is 3.38. The van der Waals surface area contributed by atoms with Crippen LogP contribution in [0, 0.1) is 0 Å². The van der Waals surface area contributed by atoms with E-state index in [-0.39, 0.29) is 0 Å². The fourth-order valence-electron chi connectivity index (χ4n) is 2.56. The summed E-state index contributed by atoms with van der Waals surface area (Å²) in [5, 5.41) is 13.1. The van der Waals surface area contributed by atoms with Gasteiger partial charge in [0, 0.05) is 12.6 Å². The highest BCUT2D eigenvalue weighted by molar-refractivity contribution is 5.38. The number of phenols is 1. The molecule has 0 aromatic heterocycles. The Morgan fingerprint density at radius 2 is 2.37 bits per heavy atom. The van der Waals surface area contributed by atoms with Gasteiger partial charge in [0.15, 0.2) is 0 Å². The molecule has 0 saturated carbocycles. The average molecular weight is 261 g/mol. The molecular weight excluding hydrogens is 238 g/mol. The molecule has 1 atom stereocenters. The second-order valence-electron chi connectivity index (χ2n) is 5.29. The summed E-state index contributed by atoms with van der Waals surface area (Å²) >= 11 is 0. The van der Waals surface area contributed by atoms with Gasteiger partial charge in [0.1, 0.15) is 5.75 Å². The van der Waals surface area contributed by atoms with Crippen LogP contribution in [0.15, 0.2) is 30.4 Å². The van der Waals surface area contributed by atoms with E-state index < -0.39 is 0 Å². The van der Waals surface area contributed by atoms with E-state index in [4.69, 9.17) is 4.74 Å². The standard InChI is InChI=1S/C16H23NO2/c1-12(2)11-19-9-8-17-16-5-3-4-13-10-14(18)6-7-15(13)16/h6-7,10,16-18H,1,3-5,8-9,11H2,2H3. The van der Waals surface area contributed by atoms with Crippen molar-refractivity contribution in [2.75, 3.05) is 19.8 Å². The summed E-state index contributed by atoms with van der Waals surface area (Å²) < 4.78 is 5.49. The quantitative estimate of drug-likeness (QED) is 0.611. The van der Waals surface area contributed by atoms with E-state index >= 15 is 0 Å². The Hall–Kier alpha value is -1.32. The molecule has 0 bridgehead atoms. The van der Waals surface area contributed by atoms with Crippen LogP contribution in [0.4, 0.5) is 0 Å². The molecular formula is C16H23NO2. The molecule has 1 aliphatic rings. The molecule has 2 rings (SSSR count). The van der Waals surface area contributed by atoms with Crippen molar-refractivity contribution in [3.63, 3.8) is 0 Å². The summed E-state index contributed by atoms with van der Waals surface area (Å²) in [6, 6.07) is 6.09. The Balaban J connectivity index is 1.84. The maximum atomic E-state index is 9.52. The van der Waals surface area contributed by atoms with Gasteiger partial charge in [-0.25, -0.2) is 0 Å². The third-order valence-corrected chi connectivity index (χ3v) is 3.43. The van der Waals surface area contributed by atoms with Crippen molar-refractivity contribution in [2.45, 2.75) is 32.2 Å². The monoisotopic (exact) mass is 261 g/mol. The zero-order chi connectivity index (χ0) is 13.7. The lowest BCUT2D eigenvalue weighted by Gasteiger charge is -2.26. The Bertz CT molecular complexity index is 442. The SMILES string of the molecule is C=C(C)COCCNC1CCCc2cc(O)ccc21. The van der Waals surface area contributed by atoms with Gasteiger partial charge in [0.25, 0.3) is 0 Å². The molecule has 0 heterocycles. The van der Waals surface area contributed by atoms with Crippen LogP contribution < -0.4 is 5.32 Å². The Morgan fingerprint density at radius 3 is 3.16 bits per heavy atom. The summed E-state index contributed by atoms with van der Waals surface area (Å²) in [5.41, 5.74) is 3.65. The van der Waals surface area contributed by atoms with Gasteiger partial charge in [-0.3, -0.25) is 0 Å². The van der Waals surface area contributed by atoms with E-state index in [2.05, 4.69) is 11.9 Å². The zero-order valence-electron chi connectivity index (χ0n) is 11.6. The first-order valence-corrected chi connectivity index (χ1v) is 6.94. The van der Waals surface area contributed by atoms with Crippen molar-refractivity contribution in [2.24, 2.45) is 0 Å². The lowest BCUT2D eigenvalue weighted by Crippen LogP contribution is -2.28. The second kappa shape index (κ2) is 6.73. The minimum Gasteiger partial charge on any atom is -0.508 e. The maximum Gasteiger partial charge on any atom is 0.115 e. The normalized spacial score (nSPS) is 18.1. The predicted molar refractivity (Wildman–Crippen MR) is 77.4 cm³/mol. The predicted octanol–water partition coefficient (Wildman–Crippen LogP) is 2.95. The first kappa shape index (κ1) is 14.1. The largest absolute Gasteiger partial charge is 0.508 e. The Kier molecular flexibility index (Phi) is 5.00. The van der Waals surface area contributed by atoms with Crippen molar-refractivity contribution in [1.82, 2.24) is 5.32 Å². The number of benzene rings is 1. The van der Waals surface area contributed by atoms with Crippen LogP contribution in [-0.4, -0.2) is 24.9 Å². The van der Waals surface area contributed by atoms with Crippen LogP contribution in [-0.2, 0) is 11.2 Å². The molecule has 1 aliphatic carbocycles. The lowest BCUT2D eigenvalue weighted by atomic mass is 9.87. The number of aromatic hydroxyl groups is 1. The second-order valence-corrected chi connectivity index (χ2v) is 5.29. The van der Waals surface area contributed by atoms with Gasteiger partial charge >= 0.3 is 0 Å². The molecule has 1 unspecified atom stereocenters. The Labute approximate surface area is 115 Å². The molecule has 104 valence electrons. The summed E-state index contributed by atoms with van der Waals surface area (Å²) in [4.78, 5) is 0. The van der Waals surface area contributed by atoms with Crippen molar-refractivity contribution < 1.29 is 9.84 Å². The molecule has 0 amide bonds. The van der Waals surface area contributed by atoms with Crippen molar-refractivity contribution >= 4 is 0 Å². The highest BCUT2D eigenvalue weighted by Crippen LogP contribution is 2.31. The van der Waals surface area contributed by atoms with Gasteiger partial charge in [-0.1, -0.05) is 18.2 Å². The fraction of sp³-hybridized carbons (Fsp3) is 0.500. The Morgan fingerprint density at radius 1 is 1.53 bits per heavy atom. The van der Waals surface area contributed by atoms with Gasteiger partial charge in [-0.05, 0) is 49.4 Å². The third kappa shape index (κ3) is 4.08. The average Bonchev–Trinajstić information content (AvgIpc) is 2.37. The van der Waals surface area contributed by atoms with Gasteiger partial charge in [-0.2, -0.15) is 0 Å². The molecule has 3 nitrogen and oxygen atoms in total. The molecule has 0 saturated heterocycles. The minimum absolute atomic E-state index is 0.365. The minimum atomic E-state index is 0.365. The first-order chi connectivity index (χ1) is 9.16. The number of nitrogens with one attached hydrogen (secondary N) is 1. The van der Waals surface area contributed by atoms with Crippen molar-refractivity contribution in [3.8, 4) is 5.75 Å².